The molecule has 2 aromatic carbocycles. The van der Waals surface area contributed by atoms with Gasteiger partial charge in [0.15, 0.2) is 0 Å². The van der Waals surface area contributed by atoms with Gasteiger partial charge in [0.05, 0.1) is 0 Å². The molecule has 1 unspecified atom stereocenters. The van der Waals surface area contributed by atoms with Gasteiger partial charge >= 0.3 is 0 Å². The maximum atomic E-state index is 9.94. The summed E-state index contributed by atoms with van der Waals surface area (Å²) in [6.45, 7) is 7.11. The molecule has 2 nitrogen and oxygen atoms in total. The molecule has 2 aliphatic rings. The van der Waals surface area contributed by atoms with E-state index in [9.17, 15) is 5.11 Å². The van der Waals surface area contributed by atoms with E-state index in [0.29, 0.717) is 17.7 Å². The lowest BCUT2D eigenvalue weighted by molar-refractivity contribution is 0.0322. The first-order chi connectivity index (χ1) is 11.6. The van der Waals surface area contributed by atoms with Crippen LogP contribution in [0.15, 0.2) is 48.5 Å². The van der Waals surface area contributed by atoms with Crippen LogP contribution in [0.4, 0.5) is 0 Å². The third-order valence-electron chi connectivity index (χ3n) is 6.64. The van der Waals surface area contributed by atoms with E-state index >= 15 is 0 Å². The van der Waals surface area contributed by atoms with Crippen molar-refractivity contribution in [2.75, 3.05) is 13.1 Å². The van der Waals surface area contributed by atoms with Crippen molar-refractivity contribution in [2.24, 2.45) is 5.92 Å². The van der Waals surface area contributed by atoms with E-state index in [1.807, 2.05) is 12.1 Å². The highest BCUT2D eigenvalue weighted by Crippen LogP contribution is 2.49. The van der Waals surface area contributed by atoms with Gasteiger partial charge in [0.2, 0.25) is 0 Å². The third-order valence-corrected chi connectivity index (χ3v) is 6.64. The highest BCUT2D eigenvalue weighted by Gasteiger charge is 2.48. The number of piperidine rings is 1. The van der Waals surface area contributed by atoms with Crippen LogP contribution in [-0.4, -0.2) is 29.1 Å². The molecular formula is C22H27NO. The van der Waals surface area contributed by atoms with E-state index in [2.05, 4.69) is 55.1 Å². The molecule has 126 valence electrons. The first-order valence-corrected chi connectivity index (χ1v) is 9.18. The Hall–Kier alpha value is -1.80. The van der Waals surface area contributed by atoms with Crippen LogP contribution < -0.4 is 0 Å². The molecule has 0 spiro atoms. The van der Waals surface area contributed by atoms with E-state index < -0.39 is 0 Å². The van der Waals surface area contributed by atoms with Crippen molar-refractivity contribution in [3.63, 3.8) is 0 Å². The topological polar surface area (TPSA) is 23.5 Å². The highest BCUT2D eigenvalue weighted by molar-refractivity contribution is 5.44. The fraction of sp³-hybridized carbons (Fsp3) is 0.455. The molecule has 2 aromatic rings. The van der Waals surface area contributed by atoms with Crippen molar-refractivity contribution in [3.8, 4) is 5.75 Å². The molecule has 1 fully saturated rings. The van der Waals surface area contributed by atoms with Crippen molar-refractivity contribution in [2.45, 2.75) is 44.6 Å². The molecule has 0 radical (unpaired) electrons. The van der Waals surface area contributed by atoms with E-state index in [1.165, 1.54) is 23.1 Å². The molecule has 0 aromatic heterocycles. The number of nitrogens with zero attached hydrogens (tertiary/aromatic N) is 1. The van der Waals surface area contributed by atoms with Crippen molar-refractivity contribution < 1.29 is 5.11 Å². The molecule has 0 amide bonds. The number of likely N-dealkylation sites (tertiary alicyclic amines) is 1. The van der Waals surface area contributed by atoms with Crippen molar-refractivity contribution >= 4 is 0 Å². The van der Waals surface area contributed by atoms with E-state index in [1.54, 1.807) is 0 Å². The number of phenolic OH excluding ortho intramolecular Hbond substituents is 1. The Balaban J connectivity index is 1.57. The molecule has 2 bridgehead atoms. The molecule has 0 saturated carbocycles. The second-order valence-corrected chi connectivity index (χ2v) is 7.84. The summed E-state index contributed by atoms with van der Waals surface area (Å²) in [7, 11) is 0. The predicted octanol–water partition coefficient (Wildman–Crippen LogP) is 4.16. The normalized spacial score (nSPS) is 29.2. The molecule has 4 rings (SSSR count). The molecule has 2 heteroatoms. The predicted molar refractivity (Wildman–Crippen MR) is 98.5 cm³/mol. The fourth-order valence-corrected chi connectivity index (χ4v) is 4.89. The standard InChI is InChI=1S/C22H27NO/c1-16-21-14-18-8-9-19(24)15-20(18)22(16,2)11-13-23(21)12-10-17-6-4-3-5-7-17/h3-9,15-16,21,24H,10-14H2,1-2H3/t16-,21?,22+/m0/s1. The Labute approximate surface area is 145 Å². The summed E-state index contributed by atoms with van der Waals surface area (Å²) >= 11 is 0. The minimum absolute atomic E-state index is 0.195. The highest BCUT2D eigenvalue weighted by atomic mass is 16.3. The first kappa shape index (κ1) is 15.7. The fourth-order valence-electron chi connectivity index (χ4n) is 4.89. The maximum absolute atomic E-state index is 9.94. The largest absolute Gasteiger partial charge is 0.508 e. The Morgan fingerprint density at radius 3 is 2.75 bits per heavy atom. The van der Waals surface area contributed by atoms with Gasteiger partial charge in [-0.3, -0.25) is 4.90 Å². The summed E-state index contributed by atoms with van der Waals surface area (Å²) in [4.78, 5) is 2.70. The van der Waals surface area contributed by atoms with E-state index in [4.69, 9.17) is 0 Å². The van der Waals surface area contributed by atoms with Gasteiger partial charge in [-0.05, 0) is 66.0 Å². The van der Waals surface area contributed by atoms with Crippen LogP contribution in [0.2, 0.25) is 0 Å². The van der Waals surface area contributed by atoms with Gasteiger partial charge in [-0.1, -0.05) is 50.2 Å². The van der Waals surface area contributed by atoms with Gasteiger partial charge in [-0.25, -0.2) is 0 Å². The molecule has 1 saturated heterocycles. The molecule has 1 N–H and O–H groups in total. The molecule has 3 atom stereocenters. The summed E-state index contributed by atoms with van der Waals surface area (Å²) in [6, 6.07) is 17.4. The zero-order valence-electron chi connectivity index (χ0n) is 14.7. The van der Waals surface area contributed by atoms with Gasteiger partial charge in [0, 0.05) is 12.6 Å². The number of hydrogen-bond donors (Lipinski definition) is 1. The summed E-state index contributed by atoms with van der Waals surface area (Å²) in [5, 5.41) is 9.94. The number of rotatable bonds is 3. The van der Waals surface area contributed by atoms with Crippen LogP contribution in [0.25, 0.3) is 0 Å². The Kier molecular flexibility index (Phi) is 3.88. The lowest BCUT2D eigenvalue weighted by Gasteiger charge is -2.54. The molecule has 1 heterocycles. The van der Waals surface area contributed by atoms with Crippen LogP contribution >= 0.6 is 0 Å². The third kappa shape index (κ3) is 2.53. The van der Waals surface area contributed by atoms with Gasteiger partial charge in [0.25, 0.3) is 0 Å². The van der Waals surface area contributed by atoms with E-state index in [0.717, 1.165) is 25.9 Å². The summed E-state index contributed by atoms with van der Waals surface area (Å²) in [5.41, 5.74) is 4.44. The molecule has 1 aliphatic heterocycles. The number of benzene rings is 2. The smallest absolute Gasteiger partial charge is 0.115 e. The Bertz CT molecular complexity index is 726. The van der Waals surface area contributed by atoms with Crippen LogP contribution in [0, 0.1) is 5.92 Å². The maximum Gasteiger partial charge on any atom is 0.115 e. The second kappa shape index (κ2) is 5.93. The number of fused-ring (bicyclic) bond motifs is 4. The first-order valence-electron chi connectivity index (χ1n) is 9.18. The van der Waals surface area contributed by atoms with Crippen molar-refractivity contribution in [1.29, 1.82) is 0 Å². The minimum atomic E-state index is 0.195. The number of phenols is 1. The lowest BCUT2D eigenvalue weighted by atomic mass is 9.59. The number of aromatic hydroxyl groups is 1. The Morgan fingerprint density at radius 1 is 1.17 bits per heavy atom. The van der Waals surface area contributed by atoms with E-state index in [-0.39, 0.29) is 5.41 Å². The average molecular weight is 321 g/mol. The van der Waals surface area contributed by atoms with Gasteiger partial charge < -0.3 is 5.11 Å². The van der Waals surface area contributed by atoms with Crippen LogP contribution in [-0.2, 0) is 18.3 Å². The summed E-state index contributed by atoms with van der Waals surface area (Å²) in [6.07, 6.45) is 3.42. The van der Waals surface area contributed by atoms with Gasteiger partial charge in [-0.15, -0.1) is 0 Å². The zero-order valence-corrected chi connectivity index (χ0v) is 14.7. The quantitative estimate of drug-likeness (QED) is 0.917. The van der Waals surface area contributed by atoms with Crippen LogP contribution in [0.1, 0.15) is 37.0 Å². The van der Waals surface area contributed by atoms with Crippen molar-refractivity contribution in [1.82, 2.24) is 4.90 Å². The molecule has 1 aliphatic carbocycles. The number of hydrogen-bond acceptors (Lipinski definition) is 2. The Morgan fingerprint density at radius 2 is 1.96 bits per heavy atom. The average Bonchev–Trinajstić information content (AvgIpc) is 2.59. The monoisotopic (exact) mass is 321 g/mol. The van der Waals surface area contributed by atoms with Crippen molar-refractivity contribution in [3.05, 3.63) is 65.2 Å². The zero-order chi connectivity index (χ0) is 16.7. The van der Waals surface area contributed by atoms with Gasteiger partial charge in [0.1, 0.15) is 5.75 Å². The van der Waals surface area contributed by atoms with Crippen LogP contribution in [0.3, 0.4) is 0 Å². The SMILES string of the molecule is C[C@H]1C2Cc3ccc(O)cc3[C@]1(C)CCN2CCc1ccccc1. The van der Waals surface area contributed by atoms with Gasteiger partial charge in [-0.2, -0.15) is 0 Å². The summed E-state index contributed by atoms with van der Waals surface area (Å²) in [5.74, 6) is 1.03. The molecular weight excluding hydrogens is 294 g/mol. The molecule has 24 heavy (non-hydrogen) atoms. The minimum Gasteiger partial charge on any atom is -0.508 e. The summed E-state index contributed by atoms with van der Waals surface area (Å²) < 4.78 is 0. The van der Waals surface area contributed by atoms with Crippen LogP contribution in [0.5, 0.6) is 5.75 Å². The second-order valence-electron chi connectivity index (χ2n) is 7.84. The lowest BCUT2D eigenvalue weighted by Crippen LogP contribution is -2.58.